The number of esters is 1. The third kappa shape index (κ3) is 8.48. The summed E-state index contributed by atoms with van der Waals surface area (Å²) in [6.45, 7) is 6.95. The molecule has 0 aliphatic rings. The van der Waals surface area contributed by atoms with E-state index in [2.05, 4.69) is 17.6 Å². The van der Waals surface area contributed by atoms with Crippen molar-refractivity contribution in [1.82, 2.24) is 10.6 Å². The van der Waals surface area contributed by atoms with Crippen LogP contribution in [0, 0.1) is 0 Å². The SMILES string of the molecule is CCCc1ccc(C(=O)CCC(=O)O[C@H](C)C(=O)NC(=O)NC(C)C)cc1. The first-order valence-electron chi connectivity index (χ1n) is 9.15. The van der Waals surface area contributed by atoms with E-state index >= 15 is 0 Å². The topological polar surface area (TPSA) is 102 Å². The van der Waals surface area contributed by atoms with E-state index in [1.807, 2.05) is 12.1 Å². The van der Waals surface area contributed by atoms with Crippen molar-refractivity contribution in [3.05, 3.63) is 35.4 Å². The lowest BCUT2D eigenvalue weighted by Gasteiger charge is -2.14. The van der Waals surface area contributed by atoms with E-state index in [-0.39, 0.29) is 24.7 Å². The number of Topliss-reactive ketones (excluding diaryl/α,β-unsaturated/α-hetero) is 1. The Morgan fingerprint density at radius 1 is 1.00 bits per heavy atom. The van der Waals surface area contributed by atoms with Gasteiger partial charge in [-0.1, -0.05) is 37.6 Å². The predicted octanol–water partition coefficient (Wildman–Crippen LogP) is 2.77. The number of amides is 3. The molecule has 7 nitrogen and oxygen atoms in total. The maximum absolute atomic E-state index is 12.1. The van der Waals surface area contributed by atoms with Crippen LogP contribution in [0.1, 0.15) is 62.9 Å². The van der Waals surface area contributed by atoms with Gasteiger partial charge in [-0.2, -0.15) is 0 Å². The van der Waals surface area contributed by atoms with Crippen molar-refractivity contribution in [3.8, 4) is 0 Å². The Hall–Kier alpha value is -2.70. The second-order valence-electron chi connectivity index (χ2n) is 6.62. The molecule has 1 rings (SSSR count). The number of urea groups is 1. The molecular weight excluding hydrogens is 348 g/mol. The molecule has 0 saturated carbocycles. The lowest BCUT2D eigenvalue weighted by Crippen LogP contribution is -2.46. The molecule has 1 aromatic rings. The zero-order chi connectivity index (χ0) is 20.4. The number of imide groups is 1. The number of nitrogens with one attached hydrogen (secondary N) is 2. The van der Waals surface area contributed by atoms with Gasteiger partial charge >= 0.3 is 12.0 Å². The second-order valence-corrected chi connectivity index (χ2v) is 6.62. The largest absolute Gasteiger partial charge is 0.453 e. The molecule has 0 saturated heterocycles. The predicted molar refractivity (Wildman–Crippen MR) is 101 cm³/mol. The Kier molecular flexibility index (Phi) is 9.19. The molecule has 3 amide bonds. The van der Waals surface area contributed by atoms with Gasteiger partial charge in [0.05, 0.1) is 6.42 Å². The van der Waals surface area contributed by atoms with E-state index in [0.717, 1.165) is 18.4 Å². The van der Waals surface area contributed by atoms with Crippen LogP contribution in [0.4, 0.5) is 4.79 Å². The van der Waals surface area contributed by atoms with E-state index in [4.69, 9.17) is 4.74 Å². The first kappa shape index (κ1) is 22.3. The van der Waals surface area contributed by atoms with Crippen molar-refractivity contribution < 1.29 is 23.9 Å². The van der Waals surface area contributed by atoms with Crippen molar-refractivity contribution in [2.45, 2.75) is 65.5 Å². The fourth-order valence-corrected chi connectivity index (χ4v) is 2.33. The monoisotopic (exact) mass is 376 g/mol. The Morgan fingerprint density at radius 2 is 1.63 bits per heavy atom. The van der Waals surface area contributed by atoms with E-state index < -0.39 is 24.0 Å². The van der Waals surface area contributed by atoms with Gasteiger partial charge in [-0.05, 0) is 32.8 Å². The summed E-state index contributed by atoms with van der Waals surface area (Å²) in [6.07, 6.45) is 0.721. The fourth-order valence-electron chi connectivity index (χ4n) is 2.33. The quantitative estimate of drug-likeness (QED) is 0.510. The Balaban J connectivity index is 2.41. The third-order valence-electron chi connectivity index (χ3n) is 3.70. The van der Waals surface area contributed by atoms with Gasteiger partial charge in [-0.3, -0.25) is 19.7 Å². The van der Waals surface area contributed by atoms with E-state index in [1.54, 1.807) is 26.0 Å². The number of benzene rings is 1. The molecule has 0 aliphatic heterocycles. The number of carbonyl (C=O) groups is 4. The summed E-state index contributed by atoms with van der Waals surface area (Å²) in [6, 6.07) is 6.54. The molecule has 2 N–H and O–H groups in total. The minimum Gasteiger partial charge on any atom is -0.453 e. The van der Waals surface area contributed by atoms with Gasteiger partial charge in [0.1, 0.15) is 0 Å². The van der Waals surface area contributed by atoms with Gasteiger partial charge in [0.15, 0.2) is 11.9 Å². The first-order chi connectivity index (χ1) is 12.7. The van der Waals surface area contributed by atoms with Crippen LogP contribution >= 0.6 is 0 Å². The standard InChI is InChI=1S/C20H28N2O5/c1-5-6-15-7-9-16(10-8-15)17(23)11-12-18(24)27-14(4)19(25)22-20(26)21-13(2)3/h7-10,13-14H,5-6,11-12H2,1-4H3,(H2,21,22,25,26)/t14-/m1/s1. The molecule has 0 aromatic heterocycles. The van der Waals surface area contributed by atoms with Crippen LogP contribution < -0.4 is 10.6 Å². The zero-order valence-electron chi connectivity index (χ0n) is 16.3. The van der Waals surface area contributed by atoms with Crippen LogP contribution in [0.5, 0.6) is 0 Å². The van der Waals surface area contributed by atoms with Crippen LogP contribution in [0.2, 0.25) is 0 Å². The van der Waals surface area contributed by atoms with Gasteiger partial charge in [0, 0.05) is 18.0 Å². The fraction of sp³-hybridized carbons (Fsp3) is 0.500. The number of hydrogen-bond donors (Lipinski definition) is 2. The highest BCUT2D eigenvalue weighted by Gasteiger charge is 2.20. The summed E-state index contributed by atoms with van der Waals surface area (Å²) >= 11 is 0. The molecule has 0 fully saturated rings. The lowest BCUT2D eigenvalue weighted by atomic mass is 10.0. The van der Waals surface area contributed by atoms with Gasteiger partial charge in [-0.25, -0.2) is 4.79 Å². The van der Waals surface area contributed by atoms with E-state index in [9.17, 15) is 19.2 Å². The number of ether oxygens (including phenoxy) is 1. The van der Waals surface area contributed by atoms with Crippen LogP contribution in [-0.4, -0.2) is 35.8 Å². The van der Waals surface area contributed by atoms with Crippen LogP contribution in [-0.2, 0) is 20.7 Å². The summed E-state index contributed by atoms with van der Waals surface area (Å²) in [5, 5.41) is 4.59. The number of rotatable bonds is 9. The summed E-state index contributed by atoms with van der Waals surface area (Å²) in [5.41, 5.74) is 1.70. The number of aryl methyl sites for hydroxylation is 1. The Labute approximate surface area is 159 Å². The summed E-state index contributed by atoms with van der Waals surface area (Å²) in [5.74, 6) is -1.55. The Morgan fingerprint density at radius 3 is 2.19 bits per heavy atom. The molecule has 1 aromatic carbocycles. The van der Waals surface area contributed by atoms with Gasteiger partial charge in [-0.15, -0.1) is 0 Å². The molecule has 0 spiro atoms. The molecular formula is C20H28N2O5. The molecule has 1 atom stereocenters. The average Bonchev–Trinajstić information content (AvgIpc) is 2.59. The lowest BCUT2D eigenvalue weighted by molar-refractivity contribution is -0.154. The van der Waals surface area contributed by atoms with Crippen molar-refractivity contribution in [2.24, 2.45) is 0 Å². The van der Waals surface area contributed by atoms with Gasteiger partial charge in [0.2, 0.25) is 0 Å². The van der Waals surface area contributed by atoms with Gasteiger partial charge in [0.25, 0.3) is 5.91 Å². The van der Waals surface area contributed by atoms with Crippen molar-refractivity contribution >= 4 is 23.7 Å². The smallest absolute Gasteiger partial charge is 0.321 e. The second kappa shape index (κ2) is 11.1. The number of ketones is 1. The molecule has 0 unspecified atom stereocenters. The molecule has 0 bridgehead atoms. The van der Waals surface area contributed by atoms with Crippen LogP contribution in [0.15, 0.2) is 24.3 Å². The number of carbonyl (C=O) groups excluding carboxylic acids is 4. The molecule has 7 heteroatoms. The van der Waals surface area contributed by atoms with Gasteiger partial charge < -0.3 is 10.1 Å². The molecule has 148 valence electrons. The molecule has 0 heterocycles. The van der Waals surface area contributed by atoms with Crippen molar-refractivity contribution in [1.29, 1.82) is 0 Å². The highest BCUT2D eigenvalue weighted by molar-refractivity contribution is 5.98. The Bertz CT molecular complexity index is 667. The van der Waals surface area contributed by atoms with E-state index in [1.165, 1.54) is 6.92 Å². The van der Waals surface area contributed by atoms with E-state index in [0.29, 0.717) is 5.56 Å². The summed E-state index contributed by atoms with van der Waals surface area (Å²) < 4.78 is 4.97. The highest BCUT2D eigenvalue weighted by Crippen LogP contribution is 2.10. The number of hydrogen-bond acceptors (Lipinski definition) is 5. The maximum atomic E-state index is 12.1. The summed E-state index contributed by atoms with van der Waals surface area (Å²) in [4.78, 5) is 47.2. The maximum Gasteiger partial charge on any atom is 0.321 e. The van der Waals surface area contributed by atoms with Crippen molar-refractivity contribution in [2.75, 3.05) is 0 Å². The minimum absolute atomic E-state index is 0.00582. The zero-order valence-corrected chi connectivity index (χ0v) is 16.3. The molecule has 27 heavy (non-hydrogen) atoms. The normalized spacial score (nSPS) is 11.6. The molecule has 0 radical (unpaired) electrons. The highest BCUT2D eigenvalue weighted by atomic mass is 16.5. The third-order valence-corrected chi connectivity index (χ3v) is 3.70. The van der Waals surface area contributed by atoms with Crippen LogP contribution in [0.25, 0.3) is 0 Å². The summed E-state index contributed by atoms with van der Waals surface area (Å²) in [7, 11) is 0. The first-order valence-corrected chi connectivity index (χ1v) is 9.15. The molecule has 0 aliphatic carbocycles. The van der Waals surface area contributed by atoms with Crippen molar-refractivity contribution in [3.63, 3.8) is 0 Å². The average molecular weight is 376 g/mol. The minimum atomic E-state index is -1.13. The van der Waals surface area contributed by atoms with Crippen LogP contribution in [0.3, 0.4) is 0 Å².